The number of rotatable bonds is 5. The van der Waals surface area contributed by atoms with Crippen molar-refractivity contribution in [3.63, 3.8) is 0 Å². The molecule has 5 nitrogen and oxygen atoms in total. The Bertz CT molecular complexity index is 577. The zero-order valence-electron chi connectivity index (χ0n) is 8.78. The first-order valence-corrected chi connectivity index (χ1v) is 7.34. The molecule has 8 heteroatoms. The van der Waals surface area contributed by atoms with Crippen LogP contribution in [0.5, 0.6) is 0 Å². The molecule has 2 aromatic heterocycles. The third-order valence-corrected chi connectivity index (χ3v) is 5.00. The molecule has 0 saturated heterocycles. The number of halogens is 1. The first-order valence-electron chi connectivity index (χ1n) is 4.81. The van der Waals surface area contributed by atoms with Gasteiger partial charge in [0.25, 0.3) is 0 Å². The van der Waals surface area contributed by atoms with Crippen LogP contribution in [0, 0.1) is 0 Å². The summed E-state index contributed by atoms with van der Waals surface area (Å²) in [5.74, 6) is -0.160. The smallest absolute Gasteiger partial charge is 0.209 e. The summed E-state index contributed by atoms with van der Waals surface area (Å²) in [7, 11) is -3.41. The SMILES string of the molecule is O=S(=O)(Cc1cnn(CCF)c1)c1nccs1. The van der Waals surface area contributed by atoms with E-state index in [1.807, 2.05) is 0 Å². The van der Waals surface area contributed by atoms with E-state index in [2.05, 4.69) is 10.1 Å². The Labute approximate surface area is 102 Å². The maximum Gasteiger partial charge on any atom is 0.209 e. The quantitative estimate of drug-likeness (QED) is 0.824. The van der Waals surface area contributed by atoms with Crippen molar-refractivity contribution in [2.75, 3.05) is 6.67 Å². The van der Waals surface area contributed by atoms with E-state index in [4.69, 9.17) is 0 Å². The number of aromatic nitrogens is 3. The third-order valence-electron chi connectivity index (χ3n) is 2.03. The summed E-state index contributed by atoms with van der Waals surface area (Å²) in [6, 6.07) is 0. The fourth-order valence-corrected chi connectivity index (χ4v) is 3.56. The molecular formula is C9H10FN3O2S2. The van der Waals surface area contributed by atoms with Gasteiger partial charge in [-0.1, -0.05) is 0 Å². The van der Waals surface area contributed by atoms with Gasteiger partial charge in [0.05, 0.1) is 18.5 Å². The van der Waals surface area contributed by atoms with E-state index in [1.165, 1.54) is 23.3 Å². The van der Waals surface area contributed by atoms with Crippen LogP contribution in [-0.4, -0.2) is 29.9 Å². The van der Waals surface area contributed by atoms with Gasteiger partial charge in [0.15, 0.2) is 0 Å². The van der Waals surface area contributed by atoms with Gasteiger partial charge in [0.1, 0.15) is 6.67 Å². The Morgan fingerprint density at radius 1 is 1.47 bits per heavy atom. The molecule has 2 aromatic rings. The van der Waals surface area contributed by atoms with E-state index in [1.54, 1.807) is 5.38 Å². The van der Waals surface area contributed by atoms with Crippen LogP contribution in [-0.2, 0) is 22.1 Å². The largest absolute Gasteiger partial charge is 0.270 e. The van der Waals surface area contributed by atoms with Crippen LogP contribution in [0.4, 0.5) is 4.39 Å². The average Bonchev–Trinajstić information content (AvgIpc) is 2.88. The predicted molar refractivity (Wildman–Crippen MR) is 61.2 cm³/mol. The number of sulfone groups is 1. The molecule has 0 amide bonds. The van der Waals surface area contributed by atoms with Crippen molar-refractivity contribution in [3.8, 4) is 0 Å². The average molecular weight is 275 g/mol. The van der Waals surface area contributed by atoms with Crippen molar-refractivity contribution in [3.05, 3.63) is 29.5 Å². The van der Waals surface area contributed by atoms with Crippen molar-refractivity contribution < 1.29 is 12.8 Å². The second kappa shape index (κ2) is 4.92. The normalized spacial score (nSPS) is 11.8. The van der Waals surface area contributed by atoms with Crippen LogP contribution in [0.2, 0.25) is 0 Å². The minimum Gasteiger partial charge on any atom is -0.270 e. The van der Waals surface area contributed by atoms with Gasteiger partial charge in [0, 0.05) is 23.3 Å². The molecule has 0 radical (unpaired) electrons. The lowest BCUT2D eigenvalue weighted by Crippen LogP contribution is -2.04. The lowest BCUT2D eigenvalue weighted by Gasteiger charge is -1.97. The van der Waals surface area contributed by atoms with Gasteiger partial charge < -0.3 is 0 Å². The molecule has 92 valence electrons. The number of hydrogen-bond donors (Lipinski definition) is 0. The Hall–Kier alpha value is -1.28. The third kappa shape index (κ3) is 2.89. The second-order valence-corrected chi connectivity index (χ2v) is 6.42. The van der Waals surface area contributed by atoms with E-state index in [0.29, 0.717) is 5.56 Å². The van der Waals surface area contributed by atoms with E-state index < -0.39 is 16.5 Å². The number of thiazole rings is 1. The van der Waals surface area contributed by atoms with Crippen LogP contribution in [0.25, 0.3) is 0 Å². The van der Waals surface area contributed by atoms with Gasteiger partial charge >= 0.3 is 0 Å². The molecule has 0 saturated carbocycles. The van der Waals surface area contributed by atoms with Crippen LogP contribution in [0.3, 0.4) is 0 Å². The molecule has 0 aliphatic heterocycles. The van der Waals surface area contributed by atoms with Crippen LogP contribution in [0.1, 0.15) is 5.56 Å². The minimum absolute atomic E-state index is 0.0933. The van der Waals surface area contributed by atoms with Gasteiger partial charge in [-0.05, 0) is 0 Å². The van der Waals surface area contributed by atoms with Gasteiger partial charge in [-0.25, -0.2) is 17.8 Å². The molecule has 0 fully saturated rings. The molecule has 17 heavy (non-hydrogen) atoms. The first-order chi connectivity index (χ1) is 8.12. The van der Waals surface area contributed by atoms with Crippen LogP contribution in [0.15, 0.2) is 28.3 Å². The summed E-state index contributed by atoms with van der Waals surface area (Å²) in [5.41, 5.74) is 0.536. The highest BCUT2D eigenvalue weighted by Gasteiger charge is 2.18. The van der Waals surface area contributed by atoms with Crippen molar-refractivity contribution in [1.82, 2.24) is 14.8 Å². The van der Waals surface area contributed by atoms with Gasteiger partial charge in [0.2, 0.25) is 14.2 Å². The Balaban J connectivity index is 2.15. The number of nitrogens with zero attached hydrogens (tertiary/aromatic N) is 3. The van der Waals surface area contributed by atoms with Crippen molar-refractivity contribution in [2.24, 2.45) is 0 Å². The topological polar surface area (TPSA) is 64.8 Å². The molecular weight excluding hydrogens is 265 g/mol. The second-order valence-electron chi connectivity index (χ2n) is 3.36. The number of alkyl halides is 1. The zero-order valence-corrected chi connectivity index (χ0v) is 10.4. The molecule has 0 unspecified atom stereocenters. The summed E-state index contributed by atoms with van der Waals surface area (Å²) in [4.78, 5) is 3.77. The maximum atomic E-state index is 12.1. The number of aryl methyl sites for hydroxylation is 1. The number of hydrogen-bond acceptors (Lipinski definition) is 5. The molecule has 0 aliphatic carbocycles. The highest BCUT2D eigenvalue weighted by Crippen LogP contribution is 2.17. The summed E-state index contributed by atoms with van der Waals surface area (Å²) in [6.07, 6.45) is 4.41. The van der Waals surface area contributed by atoms with Crippen LogP contribution < -0.4 is 0 Å². The highest BCUT2D eigenvalue weighted by atomic mass is 32.2. The minimum atomic E-state index is -3.41. The Morgan fingerprint density at radius 3 is 2.94 bits per heavy atom. The summed E-state index contributed by atoms with van der Waals surface area (Å²) in [5, 5.41) is 5.48. The van der Waals surface area contributed by atoms with Gasteiger partial charge in [-0.3, -0.25) is 4.68 Å². The van der Waals surface area contributed by atoms with E-state index in [9.17, 15) is 12.8 Å². The summed E-state index contributed by atoms with van der Waals surface area (Å²) < 4.78 is 37.3. The lowest BCUT2D eigenvalue weighted by molar-refractivity contribution is 0.427. The molecule has 0 spiro atoms. The Kier molecular flexibility index (Phi) is 3.53. The molecule has 2 heterocycles. The molecule has 2 rings (SSSR count). The molecule has 0 bridgehead atoms. The van der Waals surface area contributed by atoms with E-state index >= 15 is 0 Å². The fraction of sp³-hybridized carbons (Fsp3) is 0.333. The van der Waals surface area contributed by atoms with Crippen LogP contribution >= 0.6 is 11.3 Å². The molecule has 0 aromatic carbocycles. The van der Waals surface area contributed by atoms with E-state index in [-0.39, 0.29) is 16.6 Å². The van der Waals surface area contributed by atoms with E-state index in [0.717, 1.165) is 11.3 Å². The molecule has 0 aliphatic rings. The van der Waals surface area contributed by atoms with Gasteiger partial charge in [-0.2, -0.15) is 5.10 Å². The predicted octanol–water partition coefficient (Wildman–Crippen LogP) is 1.28. The maximum absolute atomic E-state index is 12.1. The summed E-state index contributed by atoms with van der Waals surface area (Å²) in [6.45, 7) is -0.391. The highest BCUT2D eigenvalue weighted by molar-refractivity contribution is 7.92. The molecule has 0 atom stereocenters. The summed E-state index contributed by atoms with van der Waals surface area (Å²) >= 11 is 1.08. The fourth-order valence-electron chi connectivity index (χ4n) is 1.33. The van der Waals surface area contributed by atoms with Crippen molar-refractivity contribution >= 4 is 21.2 Å². The standard InChI is InChI=1S/C9H10FN3O2S2/c10-1-3-13-6-8(5-12-13)7-17(14,15)9-11-2-4-16-9/h2,4-6H,1,3,7H2. The molecule has 0 N–H and O–H groups in total. The van der Waals surface area contributed by atoms with Crippen molar-refractivity contribution in [2.45, 2.75) is 16.6 Å². The Morgan fingerprint density at radius 2 is 2.29 bits per heavy atom. The monoisotopic (exact) mass is 275 g/mol. The van der Waals surface area contributed by atoms with Crippen molar-refractivity contribution in [1.29, 1.82) is 0 Å². The van der Waals surface area contributed by atoms with Gasteiger partial charge in [-0.15, -0.1) is 11.3 Å². The first kappa shape index (κ1) is 12.2. The zero-order chi connectivity index (χ0) is 12.3. The lowest BCUT2D eigenvalue weighted by atomic mass is 10.4.